The van der Waals surface area contributed by atoms with Gasteiger partial charge in [0.05, 0.1) is 0 Å². The molecule has 0 aliphatic heterocycles. The van der Waals surface area contributed by atoms with Crippen molar-refractivity contribution < 1.29 is 37.4 Å². The third-order valence-electron chi connectivity index (χ3n) is 5.58. The summed E-state index contributed by atoms with van der Waals surface area (Å²) < 4.78 is 44.5. The molecular formula is C24H25F3N2O5. The van der Waals surface area contributed by atoms with Crippen LogP contribution in [-0.4, -0.2) is 47.9 Å². The molecule has 0 radical (unpaired) electrons. The number of carbonyl (C=O) groups is 3. The van der Waals surface area contributed by atoms with E-state index in [1.165, 1.54) is 6.92 Å². The van der Waals surface area contributed by atoms with Gasteiger partial charge in [-0.2, -0.15) is 13.2 Å². The molecule has 3 N–H and O–H groups in total. The highest BCUT2D eigenvalue weighted by Crippen LogP contribution is 2.44. The Hall–Kier alpha value is -3.56. The van der Waals surface area contributed by atoms with Crippen molar-refractivity contribution in [2.24, 2.45) is 0 Å². The first kappa shape index (κ1) is 25.1. The van der Waals surface area contributed by atoms with E-state index in [9.17, 15) is 27.6 Å². The topological polar surface area (TPSA) is 105 Å². The van der Waals surface area contributed by atoms with Crippen LogP contribution in [0.2, 0.25) is 0 Å². The van der Waals surface area contributed by atoms with E-state index in [0.29, 0.717) is 0 Å². The van der Waals surface area contributed by atoms with Crippen molar-refractivity contribution in [2.75, 3.05) is 6.61 Å². The summed E-state index contributed by atoms with van der Waals surface area (Å²) in [6, 6.07) is 12.5. The summed E-state index contributed by atoms with van der Waals surface area (Å²) in [4.78, 5) is 34.9. The average Bonchev–Trinajstić information content (AvgIpc) is 3.08. The van der Waals surface area contributed by atoms with E-state index in [4.69, 9.17) is 9.84 Å². The van der Waals surface area contributed by atoms with Gasteiger partial charge >= 0.3 is 18.2 Å². The zero-order valence-electron chi connectivity index (χ0n) is 18.4. The average molecular weight is 478 g/mol. The number of carboxylic acids is 1. The van der Waals surface area contributed by atoms with Crippen LogP contribution in [-0.2, 0) is 14.3 Å². The number of hydrogen-bond donors (Lipinski definition) is 3. The van der Waals surface area contributed by atoms with Crippen molar-refractivity contribution in [3.8, 4) is 11.1 Å². The predicted molar refractivity (Wildman–Crippen MR) is 117 cm³/mol. The van der Waals surface area contributed by atoms with Crippen LogP contribution in [0, 0.1) is 0 Å². The van der Waals surface area contributed by atoms with Gasteiger partial charge in [-0.05, 0) is 35.6 Å². The van der Waals surface area contributed by atoms with E-state index in [1.807, 2.05) is 48.5 Å². The van der Waals surface area contributed by atoms with Crippen LogP contribution < -0.4 is 10.6 Å². The Morgan fingerprint density at radius 1 is 1.00 bits per heavy atom. The maximum atomic E-state index is 13.0. The van der Waals surface area contributed by atoms with Crippen LogP contribution in [0.4, 0.5) is 18.0 Å². The first-order valence-electron chi connectivity index (χ1n) is 10.8. The maximum Gasteiger partial charge on any atom is 0.408 e. The zero-order valence-corrected chi connectivity index (χ0v) is 18.4. The normalized spacial score (nSPS) is 14.5. The Morgan fingerprint density at radius 3 is 2.09 bits per heavy atom. The number of fused-ring (bicyclic) bond motifs is 3. The smallest absolute Gasteiger partial charge is 0.408 e. The summed E-state index contributed by atoms with van der Waals surface area (Å²) in [7, 11) is 0. The summed E-state index contributed by atoms with van der Waals surface area (Å²) >= 11 is 0. The molecule has 0 fully saturated rings. The molecule has 0 saturated heterocycles. The van der Waals surface area contributed by atoms with Gasteiger partial charge in [-0.25, -0.2) is 4.79 Å². The Balaban J connectivity index is 1.51. The molecule has 0 bridgehead atoms. The minimum Gasteiger partial charge on any atom is -0.481 e. The fourth-order valence-corrected chi connectivity index (χ4v) is 4.01. The predicted octanol–water partition coefficient (Wildman–Crippen LogP) is 4.22. The molecule has 0 spiro atoms. The molecule has 2 aromatic rings. The molecule has 2 atom stereocenters. The number of rotatable bonds is 9. The van der Waals surface area contributed by atoms with Gasteiger partial charge in [0.15, 0.2) is 0 Å². The quantitative estimate of drug-likeness (QED) is 0.501. The van der Waals surface area contributed by atoms with Gasteiger partial charge in [-0.1, -0.05) is 48.5 Å². The second-order valence-corrected chi connectivity index (χ2v) is 8.17. The summed E-state index contributed by atoms with van der Waals surface area (Å²) in [5.74, 6) is -2.51. The lowest BCUT2D eigenvalue weighted by Gasteiger charge is -2.22. The van der Waals surface area contributed by atoms with Crippen LogP contribution >= 0.6 is 0 Å². The van der Waals surface area contributed by atoms with Crippen molar-refractivity contribution in [1.82, 2.24) is 10.6 Å². The van der Waals surface area contributed by atoms with Gasteiger partial charge in [0, 0.05) is 24.8 Å². The number of hydrogen-bond acceptors (Lipinski definition) is 4. The third kappa shape index (κ3) is 6.27. The molecule has 34 heavy (non-hydrogen) atoms. The lowest BCUT2D eigenvalue weighted by Crippen LogP contribution is -2.47. The number of alkyl carbamates (subject to hydrolysis) is 1. The van der Waals surface area contributed by atoms with E-state index in [0.717, 1.165) is 22.3 Å². The van der Waals surface area contributed by atoms with E-state index in [1.54, 1.807) is 5.32 Å². The molecule has 2 aromatic carbocycles. The highest BCUT2D eigenvalue weighted by atomic mass is 19.4. The molecular weight excluding hydrogens is 453 g/mol. The molecule has 0 heterocycles. The molecule has 1 aliphatic carbocycles. The summed E-state index contributed by atoms with van der Waals surface area (Å²) in [6.45, 7) is 1.52. The monoisotopic (exact) mass is 478 g/mol. The SMILES string of the molecule is C[C@H](CC(=O)N[C@@H](CCC(=O)O)C(F)(F)F)NC(=O)OCC1c2ccccc2-c2ccccc21. The second-order valence-electron chi connectivity index (χ2n) is 8.17. The summed E-state index contributed by atoms with van der Waals surface area (Å²) in [5.41, 5.74) is 4.20. The Kier molecular flexibility index (Phi) is 7.80. The van der Waals surface area contributed by atoms with Crippen molar-refractivity contribution in [1.29, 1.82) is 0 Å². The van der Waals surface area contributed by atoms with Gasteiger partial charge in [0.1, 0.15) is 12.6 Å². The number of halogens is 3. The lowest BCUT2D eigenvalue weighted by molar-refractivity contribution is -0.164. The standard InChI is InChI=1S/C24H25F3N2O5/c1-14(12-21(30)29-20(24(25,26)27)10-11-22(31)32)28-23(33)34-13-19-17-8-4-2-6-15(17)16-7-3-5-9-18(16)19/h2-9,14,19-20H,10-13H2,1H3,(H,28,33)(H,29,30)(H,31,32)/t14-,20+/m1/s1. The van der Waals surface area contributed by atoms with Gasteiger partial charge in [0.25, 0.3) is 0 Å². The molecule has 3 rings (SSSR count). The van der Waals surface area contributed by atoms with Gasteiger partial charge < -0.3 is 20.5 Å². The number of ether oxygens (including phenoxy) is 1. The minimum absolute atomic E-state index is 0.0596. The van der Waals surface area contributed by atoms with Gasteiger partial charge in [0.2, 0.25) is 5.91 Å². The largest absolute Gasteiger partial charge is 0.481 e. The van der Waals surface area contributed by atoms with Crippen LogP contribution in [0.5, 0.6) is 0 Å². The minimum atomic E-state index is -4.78. The third-order valence-corrected chi connectivity index (χ3v) is 5.58. The van der Waals surface area contributed by atoms with Crippen LogP contribution in [0.25, 0.3) is 11.1 Å². The molecule has 2 amide bonds. The molecule has 1 aliphatic rings. The highest BCUT2D eigenvalue weighted by molar-refractivity contribution is 5.79. The first-order chi connectivity index (χ1) is 16.1. The summed E-state index contributed by atoms with van der Waals surface area (Å²) in [6.07, 6.45) is -7.52. The molecule has 10 heteroatoms. The number of carbonyl (C=O) groups excluding carboxylic acids is 2. The number of carboxylic acid groups (broad SMARTS) is 1. The molecule has 0 aromatic heterocycles. The van der Waals surface area contributed by atoms with Crippen LogP contribution in [0.1, 0.15) is 43.2 Å². The fourth-order valence-electron chi connectivity index (χ4n) is 4.01. The molecule has 7 nitrogen and oxygen atoms in total. The van der Waals surface area contributed by atoms with E-state index < -0.39 is 55.5 Å². The van der Waals surface area contributed by atoms with Crippen molar-refractivity contribution in [3.63, 3.8) is 0 Å². The van der Waals surface area contributed by atoms with Crippen molar-refractivity contribution in [2.45, 2.75) is 50.4 Å². The lowest BCUT2D eigenvalue weighted by atomic mass is 9.98. The fraction of sp³-hybridized carbons (Fsp3) is 0.375. The number of aliphatic carboxylic acids is 1. The Morgan fingerprint density at radius 2 is 1.56 bits per heavy atom. The number of alkyl halides is 3. The molecule has 0 saturated carbocycles. The Bertz CT molecular complexity index is 1010. The van der Waals surface area contributed by atoms with Gasteiger partial charge in [-0.3, -0.25) is 9.59 Å². The van der Waals surface area contributed by atoms with E-state index in [-0.39, 0.29) is 12.5 Å². The molecule has 182 valence electrons. The van der Waals surface area contributed by atoms with E-state index >= 15 is 0 Å². The maximum absolute atomic E-state index is 13.0. The Labute approximate surface area is 194 Å². The van der Waals surface area contributed by atoms with Crippen molar-refractivity contribution in [3.05, 3.63) is 59.7 Å². The van der Waals surface area contributed by atoms with Crippen molar-refractivity contribution >= 4 is 18.0 Å². The van der Waals surface area contributed by atoms with Crippen LogP contribution in [0.15, 0.2) is 48.5 Å². The highest BCUT2D eigenvalue weighted by Gasteiger charge is 2.40. The summed E-state index contributed by atoms with van der Waals surface area (Å²) in [5, 5.41) is 12.8. The van der Waals surface area contributed by atoms with E-state index in [2.05, 4.69) is 5.32 Å². The zero-order chi connectivity index (χ0) is 24.9. The van der Waals surface area contributed by atoms with Crippen LogP contribution in [0.3, 0.4) is 0 Å². The number of amides is 2. The number of nitrogens with one attached hydrogen (secondary N) is 2. The number of benzene rings is 2. The second kappa shape index (κ2) is 10.6. The van der Waals surface area contributed by atoms with Gasteiger partial charge in [-0.15, -0.1) is 0 Å². The molecule has 0 unspecified atom stereocenters. The first-order valence-corrected chi connectivity index (χ1v) is 10.8.